The van der Waals surface area contributed by atoms with Crippen LogP contribution in [0.5, 0.6) is 0 Å². The lowest BCUT2D eigenvalue weighted by molar-refractivity contribution is -0.136. The molecule has 0 spiro atoms. The SMILES string of the molecule is O=C(C1CCc2nc3ccccn3c2C1)N1CCN(c2ccc(F)cc2)CC1. The van der Waals surface area contributed by atoms with Crippen molar-refractivity contribution in [2.45, 2.75) is 19.3 Å². The zero-order valence-electron chi connectivity index (χ0n) is 15.7. The molecule has 1 aliphatic heterocycles. The molecule has 144 valence electrons. The molecule has 0 radical (unpaired) electrons. The highest BCUT2D eigenvalue weighted by molar-refractivity contribution is 5.80. The minimum Gasteiger partial charge on any atom is -0.368 e. The number of piperazine rings is 1. The molecule has 5 rings (SSSR count). The van der Waals surface area contributed by atoms with Crippen LogP contribution < -0.4 is 4.90 Å². The normalized spacial score (nSPS) is 19.7. The highest BCUT2D eigenvalue weighted by Crippen LogP contribution is 2.28. The summed E-state index contributed by atoms with van der Waals surface area (Å²) in [7, 11) is 0. The number of nitrogens with zero attached hydrogens (tertiary/aromatic N) is 4. The van der Waals surface area contributed by atoms with Gasteiger partial charge in [0.15, 0.2) is 0 Å². The molecule has 28 heavy (non-hydrogen) atoms. The van der Waals surface area contributed by atoms with Gasteiger partial charge in [-0.3, -0.25) is 4.79 Å². The quantitative estimate of drug-likeness (QED) is 0.689. The predicted octanol–water partition coefficient (Wildman–Crippen LogP) is 2.93. The second-order valence-corrected chi connectivity index (χ2v) is 7.66. The number of amides is 1. The summed E-state index contributed by atoms with van der Waals surface area (Å²) in [6.45, 7) is 3.00. The fourth-order valence-electron chi connectivity index (χ4n) is 4.46. The summed E-state index contributed by atoms with van der Waals surface area (Å²) in [5.41, 5.74) is 4.30. The molecule has 1 fully saturated rings. The van der Waals surface area contributed by atoms with E-state index in [1.807, 2.05) is 29.3 Å². The van der Waals surface area contributed by atoms with Gasteiger partial charge in [-0.15, -0.1) is 0 Å². The van der Waals surface area contributed by atoms with Gasteiger partial charge in [0.25, 0.3) is 0 Å². The summed E-state index contributed by atoms with van der Waals surface area (Å²) >= 11 is 0. The molecule has 2 aliphatic rings. The Morgan fingerprint density at radius 2 is 1.82 bits per heavy atom. The number of aromatic nitrogens is 2. The van der Waals surface area contributed by atoms with Gasteiger partial charge in [-0.05, 0) is 49.2 Å². The molecule has 3 aromatic rings. The Morgan fingerprint density at radius 1 is 1.04 bits per heavy atom. The van der Waals surface area contributed by atoms with E-state index >= 15 is 0 Å². The van der Waals surface area contributed by atoms with Crippen molar-refractivity contribution < 1.29 is 9.18 Å². The highest BCUT2D eigenvalue weighted by Gasteiger charge is 2.32. The molecule has 1 aliphatic carbocycles. The first kappa shape index (κ1) is 17.2. The van der Waals surface area contributed by atoms with E-state index in [9.17, 15) is 9.18 Å². The Hall–Kier alpha value is -2.89. The smallest absolute Gasteiger partial charge is 0.226 e. The van der Waals surface area contributed by atoms with Crippen LogP contribution in [0, 0.1) is 11.7 Å². The van der Waals surface area contributed by atoms with Crippen LogP contribution in [0.15, 0.2) is 48.7 Å². The number of rotatable bonds is 2. The van der Waals surface area contributed by atoms with Gasteiger partial charge in [0.2, 0.25) is 5.91 Å². The topological polar surface area (TPSA) is 40.9 Å². The minimum absolute atomic E-state index is 0.0324. The number of imidazole rings is 1. The van der Waals surface area contributed by atoms with Crippen LogP contribution in [0.1, 0.15) is 17.8 Å². The van der Waals surface area contributed by atoms with Gasteiger partial charge < -0.3 is 14.2 Å². The van der Waals surface area contributed by atoms with Crippen molar-refractivity contribution in [2.24, 2.45) is 5.92 Å². The number of hydrogen-bond donors (Lipinski definition) is 0. The lowest BCUT2D eigenvalue weighted by Crippen LogP contribution is -2.51. The number of carbonyl (C=O) groups excluding carboxylic acids is 1. The lowest BCUT2D eigenvalue weighted by Gasteiger charge is -2.38. The summed E-state index contributed by atoms with van der Waals surface area (Å²) in [6, 6.07) is 12.6. The maximum absolute atomic E-state index is 13.1. The van der Waals surface area contributed by atoms with Crippen LogP contribution in [0.25, 0.3) is 5.65 Å². The van der Waals surface area contributed by atoms with Crippen LogP contribution in [0.4, 0.5) is 10.1 Å². The maximum atomic E-state index is 13.1. The van der Waals surface area contributed by atoms with Crippen molar-refractivity contribution in [3.05, 3.63) is 65.9 Å². The maximum Gasteiger partial charge on any atom is 0.226 e. The van der Waals surface area contributed by atoms with Crippen molar-refractivity contribution in [1.29, 1.82) is 0 Å². The number of pyridine rings is 1. The zero-order chi connectivity index (χ0) is 19.1. The van der Waals surface area contributed by atoms with Crippen LogP contribution in [-0.2, 0) is 17.6 Å². The van der Waals surface area contributed by atoms with Crippen molar-refractivity contribution in [1.82, 2.24) is 14.3 Å². The summed E-state index contributed by atoms with van der Waals surface area (Å²) < 4.78 is 15.3. The Bertz CT molecular complexity index is 1010. The number of anilines is 1. The Morgan fingerprint density at radius 3 is 2.61 bits per heavy atom. The number of halogens is 1. The van der Waals surface area contributed by atoms with E-state index in [2.05, 4.69) is 9.30 Å². The molecule has 1 unspecified atom stereocenters. The fraction of sp³-hybridized carbons (Fsp3) is 0.364. The summed E-state index contributed by atoms with van der Waals surface area (Å²) in [5, 5.41) is 0. The molecule has 2 aromatic heterocycles. The second-order valence-electron chi connectivity index (χ2n) is 7.66. The first-order valence-corrected chi connectivity index (χ1v) is 9.93. The summed E-state index contributed by atoms with van der Waals surface area (Å²) in [5.74, 6) is 0.0712. The van der Waals surface area contributed by atoms with Gasteiger partial charge in [0.1, 0.15) is 11.5 Å². The Kier molecular flexibility index (Phi) is 4.26. The number of hydrogen-bond acceptors (Lipinski definition) is 3. The molecule has 0 bridgehead atoms. The van der Waals surface area contributed by atoms with Crippen molar-refractivity contribution in [3.8, 4) is 0 Å². The molecule has 6 heteroatoms. The molecule has 1 aromatic carbocycles. The number of benzene rings is 1. The zero-order valence-corrected chi connectivity index (χ0v) is 15.7. The standard InChI is InChI=1S/C22H23FN4O/c23-17-5-7-18(8-6-17)25-11-13-26(14-12-25)22(28)16-4-9-19-20(15-16)27-10-2-1-3-21(27)24-19/h1-3,5-8,10,16H,4,9,11-15H2. The Labute approximate surface area is 163 Å². The van der Waals surface area contributed by atoms with Crippen LogP contribution in [0.3, 0.4) is 0 Å². The van der Waals surface area contributed by atoms with Crippen molar-refractivity contribution in [3.63, 3.8) is 0 Å². The van der Waals surface area contributed by atoms with E-state index in [1.165, 1.54) is 17.8 Å². The predicted molar refractivity (Wildman–Crippen MR) is 106 cm³/mol. The molecular weight excluding hydrogens is 355 g/mol. The average Bonchev–Trinajstić information content (AvgIpc) is 3.12. The number of carbonyl (C=O) groups is 1. The number of aryl methyl sites for hydroxylation is 1. The first-order chi connectivity index (χ1) is 13.7. The third kappa shape index (κ3) is 3.03. The molecule has 1 saturated heterocycles. The lowest BCUT2D eigenvalue weighted by atomic mass is 9.88. The monoisotopic (exact) mass is 378 g/mol. The van der Waals surface area contributed by atoms with E-state index in [1.54, 1.807) is 12.1 Å². The largest absolute Gasteiger partial charge is 0.368 e. The van der Waals surface area contributed by atoms with E-state index in [-0.39, 0.29) is 17.6 Å². The second kappa shape index (κ2) is 6.93. The van der Waals surface area contributed by atoms with Crippen molar-refractivity contribution in [2.75, 3.05) is 31.1 Å². The summed E-state index contributed by atoms with van der Waals surface area (Å²) in [4.78, 5) is 22.1. The molecule has 1 amide bonds. The van der Waals surface area contributed by atoms with E-state index in [4.69, 9.17) is 4.98 Å². The molecule has 0 N–H and O–H groups in total. The van der Waals surface area contributed by atoms with E-state index in [0.717, 1.165) is 49.4 Å². The van der Waals surface area contributed by atoms with Crippen LogP contribution in [0.2, 0.25) is 0 Å². The van der Waals surface area contributed by atoms with Gasteiger partial charge in [-0.1, -0.05) is 6.07 Å². The number of fused-ring (bicyclic) bond motifs is 3. The van der Waals surface area contributed by atoms with Gasteiger partial charge in [-0.2, -0.15) is 0 Å². The van der Waals surface area contributed by atoms with Gasteiger partial charge in [0, 0.05) is 56.1 Å². The van der Waals surface area contributed by atoms with Gasteiger partial charge >= 0.3 is 0 Å². The first-order valence-electron chi connectivity index (χ1n) is 9.93. The molecule has 0 saturated carbocycles. The third-order valence-electron chi connectivity index (χ3n) is 6.01. The Balaban J connectivity index is 1.26. The molecule has 5 nitrogen and oxygen atoms in total. The third-order valence-corrected chi connectivity index (χ3v) is 6.01. The highest BCUT2D eigenvalue weighted by atomic mass is 19.1. The van der Waals surface area contributed by atoms with Gasteiger partial charge in [-0.25, -0.2) is 9.37 Å². The summed E-state index contributed by atoms with van der Waals surface area (Å²) in [6.07, 6.45) is 4.53. The molecular formula is C22H23FN4O. The van der Waals surface area contributed by atoms with E-state index in [0.29, 0.717) is 13.1 Å². The molecule has 3 heterocycles. The minimum atomic E-state index is -0.221. The fourth-order valence-corrected chi connectivity index (χ4v) is 4.46. The average molecular weight is 378 g/mol. The van der Waals surface area contributed by atoms with Crippen LogP contribution >= 0.6 is 0 Å². The van der Waals surface area contributed by atoms with Crippen molar-refractivity contribution >= 4 is 17.2 Å². The molecule has 1 atom stereocenters. The van der Waals surface area contributed by atoms with E-state index < -0.39 is 0 Å². The van der Waals surface area contributed by atoms with Gasteiger partial charge in [0.05, 0.1) is 5.69 Å². The van der Waals surface area contributed by atoms with Crippen LogP contribution in [-0.4, -0.2) is 46.4 Å².